The van der Waals surface area contributed by atoms with E-state index in [0.717, 1.165) is 13.1 Å². The van der Waals surface area contributed by atoms with Gasteiger partial charge < -0.3 is 14.6 Å². The molecule has 1 fully saturated rings. The van der Waals surface area contributed by atoms with Crippen molar-refractivity contribution < 1.29 is 19.4 Å². The standard InChI is InChI=1S/C15H21NO4/c1-11(2)16-6-7-19-14(9-16)10-20-13-5-3-4-12(8-13)15(17)18/h3-5,8,11,14H,6-7,9-10H2,1-2H3,(H,17,18). The van der Waals surface area contributed by atoms with Crippen molar-refractivity contribution in [2.45, 2.75) is 26.0 Å². The highest BCUT2D eigenvalue weighted by molar-refractivity contribution is 5.87. The summed E-state index contributed by atoms with van der Waals surface area (Å²) in [6.07, 6.45) is 0.0274. The smallest absolute Gasteiger partial charge is 0.335 e. The van der Waals surface area contributed by atoms with E-state index in [1.165, 1.54) is 6.07 Å². The molecule has 1 aromatic carbocycles. The molecule has 5 heteroatoms. The van der Waals surface area contributed by atoms with E-state index in [0.29, 0.717) is 25.0 Å². The van der Waals surface area contributed by atoms with Crippen LogP contribution in [0.3, 0.4) is 0 Å². The largest absolute Gasteiger partial charge is 0.491 e. The van der Waals surface area contributed by atoms with Crippen molar-refractivity contribution >= 4 is 5.97 Å². The lowest BCUT2D eigenvalue weighted by Gasteiger charge is -2.35. The Morgan fingerprint density at radius 1 is 1.55 bits per heavy atom. The van der Waals surface area contributed by atoms with Gasteiger partial charge >= 0.3 is 5.97 Å². The van der Waals surface area contributed by atoms with Crippen LogP contribution in [-0.4, -0.2) is 54.4 Å². The highest BCUT2D eigenvalue weighted by atomic mass is 16.5. The molecule has 0 aliphatic carbocycles. The van der Waals surface area contributed by atoms with Crippen LogP contribution in [0.2, 0.25) is 0 Å². The zero-order chi connectivity index (χ0) is 14.5. The summed E-state index contributed by atoms with van der Waals surface area (Å²) in [6, 6.07) is 7.02. The van der Waals surface area contributed by atoms with E-state index in [-0.39, 0.29) is 11.7 Å². The molecule has 1 atom stereocenters. The molecular weight excluding hydrogens is 258 g/mol. The molecule has 0 bridgehead atoms. The maximum atomic E-state index is 10.9. The quantitative estimate of drug-likeness (QED) is 0.891. The van der Waals surface area contributed by atoms with Gasteiger partial charge in [0.25, 0.3) is 0 Å². The highest BCUT2D eigenvalue weighted by Crippen LogP contribution is 2.15. The first-order chi connectivity index (χ1) is 9.56. The normalized spacial score (nSPS) is 20.1. The fourth-order valence-corrected chi connectivity index (χ4v) is 2.22. The molecule has 1 aromatic rings. The first-order valence-corrected chi connectivity index (χ1v) is 6.88. The van der Waals surface area contributed by atoms with Gasteiger partial charge in [0, 0.05) is 19.1 Å². The second-order valence-electron chi connectivity index (χ2n) is 5.23. The maximum Gasteiger partial charge on any atom is 0.335 e. The third-order valence-electron chi connectivity index (χ3n) is 3.42. The van der Waals surface area contributed by atoms with Crippen LogP contribution in [0, 0.1) is 0 Å². The highest BCUT2D eigenvalue weighted by Gasteiger charge is 2.22. The third kappa shape index (κ3) is 3.95. The van der Waals surface area contributed by atoms with Gasteiger partial charge in [-0.25, -0.2) is 4.79 Å². The number of hydrogen-bond acceptors (Lipinski definition) is 4. The molecule has 2 rings (SSSR count). The molecular formula is C15H21NO4. The number of aromatic carboxylic acids is 1. The summed E-state index contributed by atoms with van der Waals surface area (Å²) in [6.45, 7) is 7.27. The van der Waals surface area contributed by atoms with Gasteiger partial charge in [0.15, 0.2) is 0 Å². The average molecular weight is 279 g/mol. The summed E-state index contributed by atoms with van der Waals surface area (Å²) in [5.41, 5.74) is 0.232. The van der Waals surface area contributed by atoms with Crippen molar-refractivity contribution in [3.05, 3.63) is 29.8 Å². The number of carboxylic acid groups (broad SMARTS) is 1. The summed E-state index contributed by atoms with van der Waals surface area (Å²) in [7, 11) is 0. The van der Waals surface area contributed by atoms with Gasteiger partial charge in [-0.1, -0.05) is 6.07 Å². The zero-order valence-electron chi connectivity index (χ0n) is 11.9. The minimum absolute atomic E-state index is 0.0274. The summed E-state index contributed by atoms with van der Waals surface area (Å²) in [5.74, 6) is -0.384. The Balaban J connectivity index is 1.88. The van der Waals surface area contributed by atoms with Gasteiger partial charge in [-0.2, -0.15) is 0 Å². The molecule has 5 nitrogen and oxygen atoms in total. The summed E-state index contributed by atoms with van der Waals surface area (Å²) >= 11 is 0. The van der Waals surface area contributed by atoms with Gasteiger partial charge in [-0.05, 0) is 32.0 Å². The molecule has 110 valence electrons. The summed E-state index contributed by atoms with van der Waals surface area (Å²) < 4.78 is 11.3. The van der Waals surface area contributed by atoms with Gasteiger partial charge in [-0.15, -0.1) is 0 Å². The van der Waals surface area contributed by atoms with Crippen LogP contribution in [0.4, 0.5) is 0 Å². The number of morpholine rings is 1. The van der Waals surface area contributed by atoms with Gasteiger partial charge in [0.2, 0.25) is 0 Å². The first-order valence-electron chi connectivity index (χ1n) is 6.88. The van der Waals surface area contributed by atoms with Crippen molar-refractivity contribution in [3.63, 3.8) is 0 Å². The van der Waals surface area contributed by atoms with Crippen LogP contribution in [0.5, 0.6) is 5.75 Å². The van der Waals surface area contributed by atoms with E-state index in [1.54, 1.807) is 18.2 Å². The van der Waals surface area contributed by atoms with Crippen molar-refractivity contribution in [2.75, 3.05) is 26.3 Å². The first kappa shape index (κ1) is 14.8. The second kappa shape index (κ2) is 6.72. The van der Waals surface area contributed by atoms with Crippen molar-refractivity contribution in [1.29, 1.82) is 0 Å². The maximum absolute atomic E-state index is 10.9. The molecule has 0 radical (unpaired) electrons. The SMILES string of the molecule is CC(C)N1CCOC(COc2cccc(C(=O)O)c2)C1. The van der Waals surface area contributed by atoms with E-state index >= 15 is 0 Å². The molecule has 1 aliphatic rings. The molecule has 1 aliphatic heterocycles. The molecule has 20 heavy (non-hydrogen) atoms. The van der Waals surface area contributed by atoms with Crippen molar-refractivity contribution in [1.82, 2.24) is 4.90 Å². The van der Waals surface area contributed by atoms with Gasteiger partial charge in [0.05, 0.1) is 12.2 Å². The lowest BCUT2D eigenvalue weighted by atomic mass is 10.2. The molecule has 0 spiro atoms. The zero-order valence-corrected chi connectivity index (χ0v) is 11.9. The monoisotopic (exact) mass is 279 g/mol. The Bertz CT molecular complexity index is 461. The fraction of sp³-hybridized carbons (Fsp3) is 0.533. The van der Waals surface area contributed by atoms with Crippen LogP contribution in [-0.2, 0) is 4.74 Å². The van der Waals surface area contributed by atoms with Crippen LogP contribution in [0.15, 0.2) is 24.3 Å². The van der Waals surface area contributed by atoms with E-state index < -0.39 is 5.97 Å². The number of rotatable bonds is 5. The lowest BCUT2D eigenvalue weighted by molar-refractivity contribution is -0.0564. The molecule has 1 N–H and O–H groups in total. The number of nitrogens with zero attached hydrogens (tertiary/aromatic N) is 1. The van der Waals surface area contributed by atoms with E-state index in [2.05, 4.69) is 18.7 Å². The number of ether oxygens (including phenoxy) is 2. The Hall–Kier alpha value is -1.59. The van der Waals surface area contributed by atoms with Crippen LogP contribution in [0.25, 0.3) is 0 Å². The number of carboxylic acids is 1. The Morgan fingerprint density at radius 2 is 2.35 bits per heavy atom. The number of hydrogen-bond donors (Lipinski definition) is 1. The molecule has 1 heterocycles. The number of benzene rings is 1. The Kier molecular flexibility index (Phi) is 4.98. The van der Waals surface area contributed by atoms with Crippen LogP contribution >= 0.6 is 0 Å². The van der Waals surface area contributed by atoms with E-state index in [9.17, 15) is 4.79 Å². The Labute approximate surface area is 119 Å². The molecule has 1 saturated heterocycles. The van der Waals surface area contributed by atoms with Crippen LogP contribution in [0.1, 0.15) is 24.2 Å². The minimum atomic E-state index is -0.949. The second-order valence-corrected chi connectivity index (χ2v) is 5.23. The molecule has 0 amide bonds. The van der Waals surface area contributed by atoms with E-state index in [1.807, 2.05) is 0 Å². The number of carbonyl (C=O) groups is 1. The summed E-state index contributed by atoms with van der Waals surface area (Å²) in [5, 5.41) is 8.94. The fourth-order valence-electron chi connectivity index (χ4n) is 2.22. The molecule has 1 unspecified atom stereocenters. The third-order valence-corrected chi connectivity index (χ3v) is 3.42. The van der Waals surface area contributed by atoms with Gasteiger partial charge in [0.1, 0.15) is 18.5 Å². The average Bonchev–Trinajstić information content (AvgIpc) is 2.45. The van der Waals surface area contributed by atoms with Gasteiger partial charge in [-0.3, -0.25) is 4.90 Å². The lowest BCUT2D eigenvalue weighted by Crippen LogP contribution is -2.47. The molecule has 0 aromatic heterocycles. The Morgan fingerprint density at radius 3 is 3.05 bits per heavy atom. The van der Waals surface area contributed by atoms with E-state index in [4.69, 9.17) is 14.6 Å². The van der Waals surface area contributed by atoms with Crippen LogP contribution < -0.4 is 4.74 Å². The minimum Gasteiger partial charge on any atom is -0.491 e. The predicted molar refractivity (Wildman–Crippen MR) is 75.3 cm³/mol. The molecule has 0 saturated carbocycles. The summed E-state index contributed by atoms with van der Waals surface area (Å²) in [4.78, 5) is 13.2. The van der Waals surface area contributed by atoms with Crippen molar-refractivity contribution in [3.8, 4) is 5.75 Å². The van der Waals surface area contributed by atoms with Crippen molar-refractivity contribution in [2.24, 2.45) is 0 Å². The predicted octanol–water partition coefficient (Wildman–Crippen LogP) is 1.87. The topological polar surface area (TPSA) is 59.0 Å².